The first-order valence-electron chi connectivity index (χ1n) is 5.71. The second-order valence-electron chi connectivity index (χ2n) is 4.04. The summed E-state index contributed by atoms with van der Waals surface area (Å²) in [4.78, 5) is 10.5. The number of rotatable bonds is 6. The first-order chi connectivity index (χ1) is 8.08. The molecule has 94 valence electrons. The maximum Gasteiger partial charge on any atom is 0.292 e. The van der Waals surface area contributed by atoms with Gasteiger partial charge < -0.3 is 10.4 Å². The second kappa shape index (κ2) is 5.63. The van der Waals surface area contributed by atoms with E-state index < -0.39 is 10.5 Å². The van der Waals surface area contributed by atoms with Gasteiger partial charge in [-0.05, 0) is 18.9 Å². The van der Waals surface area contributed by atoms with Gasteiger partial charge in [-0.15, -0.1) is 0 Å². The highest BCUT2D eigenvalue weighted by atomic mass is 16.6. The number of aliphatic hydroxyl groups excluding tert-OH is 1. The summed E-state index contributed by atoms with van der Waals surface area (Å²) in [6.07, 6.45) is 1.40. The molecule has 0 aliphatic carbocycles. The zero-order valence-electron chi connectivity index (χ0n) is 10.1. The average Bonchev–Trinajstić information content (AvgIpc) is 2.36. The molecule has 17 heavy (non-hydrogen) atoms. The first-order valence-corrected chi connectivity index (χ1v) is 5.71. The van der Waals surface area contributed by atoms with Crippen molar-refractivity contribution in [3.8, 4) is 0 Å². The van der Waals surface area contributed by atoms with Gasteiger partial charge in [0.15, 0.2) is 0 Å². The molecular formula is C12H18N2O3. The molecule has 5 heteroatoms. The van der Waals surface area contributed by atoms with Gasteiger partial charge in [-0.2, -0.15) is 0 Å². The molecule has 0 amide bonds. The highest BCUT2D eigenvalue weighted by Crippen LogP contribution is 2.29. The van der Waals surface area contributed by atoms with Crippen LogP contribution in [0, 0.1) is 10.1 Å². The minimum absolute atomic E-state index is 0.0345. The number of benzene rings is 1. The smallest absolute Gasteiger partial charge is 0.292 e. The summed E-state index contributed by atoms with van der Waals surface area (Å²) in [5, 5.41) is 23.4. The number of aliphatic hydroxyl groups is 1. The summed E-state index contributed by atoms with van der Waals surface area (Å²) < 4.78 is 0. The van der Waals surface area contributed by atoms with Crippen molar-refractivity contribution in [2.45, 2.75) is 32.2 Å². The van der Waals surface area contributed by atoms with Crippen molar-refractivity contribution in [1.29, 1.82) is 0 Å². The number of para-hydroxylation sites is 2. The van der Waals surface area contributed by atoms with E-state index in [2.05, 4.69) is 5.32 Å². The van der Waals surface area contributed by atoms with Gasteiger partial charge in [-0.1, -0.05) is 26.0 Å². The minimum atomic E-state index is -0.494. The van der Waals surface area contributed by atoms with Crippen molar-refractivity contribution in [2.75, 3.05) is 11.9 Å². The molecule has 0 bridgehead atoms. The Hall–Kier alpha value is -1.62. The quantitative estimate of drug-likeness (QED) is 0.590. The van der Waals surface area contributed by atoms with Crippen LogP contribution >= 0.6 is 0 Å². The summed E-state index contributed by atoms with van der Waals surface area (Å²) in [5.74, 6) is 0. The fourth-order valence-corrected chi connectivity index (χ4v) is 1.71. The third-order valence-electron chi connectivity index (χ3n) is 3.16. The molecule has 0 unspecified atom stereocenters. The third kappa shape index (κ3) is 2.94. The van der Waals surface area contributed by atoms with E-state index in [1.165, 1.54) is 6.07 Å². The van der Waals surface area contributed by atoms with Gasteiger partial charge in [0, 0.05) is 6.07 Å². The molecule has 2 N–H and O–H groups in total. The molecule has 0 atom stereocenters. The fraction of sp³-hybridized carbons (Fsp3) is 0.500. The molecule has 0 aliphatic rings. The maximum absolute atomic E-state index is 10.9. The number of anilines is 1. The molecule has 0 aliphatic heterocycles. The summed E-state index contributed by atoms with van der Waals surface area (Å²) in [5.41, 5.74) is -0.00553. The number of hydrogen-bond donors (Lipinski definition) is 2. The van der Waals surface area contributed by atoms with E-state index in [-0.39, 0.29) is 12.3 Å². The van der Waals surface area contributed by atoms with Gasteiger partial charge in [0.2, 0.25) is 0 Å². The van der Waals surface area contributed by atoms with Crippen molar-refractivity contribution >= 4 is 11.4 Å². The maximum atomic E-state index is 10.9. The van der Waals surface area contributed by atoms with E-state index in [9.17, 15) is 15.2 Å². The standard InChI is InChI=1S/C12H18N2O3/c1-3-12(4-2,9-15)13-10-7-5-6-8-11(10)14(16)17/h5-8,13,15H,3-4,9H2,1-2H3. The summed E-state index contributed by atoms with van der Waals surface area (Å²) in [6, 6.07) is 6.48. The van der Waals surface area contributed by atoms with Crippen LogP contribution < -0.4 is 5.32 Å². The predicted octanol–water partition coefficient (Wildman–Crippen LogP) is 2.56. The molecule has 0 spiro atoms. The van der Waals surface area contributed by atoms with E-state index in [1.54, 1.807) is 18.2 Å². The number of nitrogens with zero attached hydrogens (tertiary/aromatic N) is 1. The number of hydrogen-bond acceptors (Lipinski definition) is 4. The van der Waals surface area contributed by atoms with E-state index in [4.69, 9.17) is 0 Å². The molecular weight excluding hydrogens is 220 g/mol. The zero-order chi connectivity index (χ0) is 12.9. The van der Waals surface area contributed by atoms with Gasteiger partial charge in [-0.3, -0.25) is 10.1 Å². The Morgan fingerprint density at radius 2 is 1.94 bits per heavy atom. The van der Waals surface area contributed by atoms with E-state index in [0.717, 1.165) is 0 Å². The lowest BCUT2D eigenvalue weighted by atomic mass is 9.93. The number of nitro benzene ring substituents is 1. The highest BCUT2D eigenvalue weighted by Gasteiger charge is 2.27. The van der Waals surface area contributed by atoms with E-state index in [1.807, 2.05) is 13.8 Å². The second-order valence-corrected chi connectivity index (χ2v) is 4.04. The fourth-order valence-electron chi connectivity index (χ4n) is 1.71. The van der Waals surface area contributed by atoms with Crippen molar-refractivity contribution in [3.63, 3.8) is 0 Å². The van der Waals surface area contributed by atoms with Crippen molar-refractivity contribution < 1.29 is 10.0 Å². The number of nitrogens with one attached hydrogen (secondary N) is 1. The van der Waals surface area contributed by atoms with E-state index >= 15 is 0 Å². The lowest BCUT2D eigenvalue weighted by Crippen LogP contribution is -2.41. The highest BCUT2D eigenvalue weighted by molar-refractivity contribution is 5.62. The molecule has 0 aromatic heterocycles. The average molecular weight is 238 g/mol. The predicted molar refractivity (Wildman–Crippen MR) is 67.1 cm³/mol. The van der Waals surface area contributed by atoms with Gasteiger partial charge in [-0.25, -0.2) is 0 Å². The van der Waals surface area contributed by atoms with Crippen LogP contribution in [0.5, 0.6) is 0 Å². The Morgan fingerprint density at radius 1 is 1.35 bits per heavy atom. The van der Waals surface area contributed by atoms with Crippen LogP contribution in [0.15, 0.2) is 24.3 Å². The SMILES string of the molecule is CCC(CC)(CO)Nc1ccccc1[N+](=O)[O-]. The van der Waals surface area contributed by atoms with Gasteiger partial charge in [0.1, 0.15) is 5.69 Å². The minimum Gasteiger partial charge on any atom is -0.394 e. The lowest BCUT2D eigenvalue weighted by molar-refractivity contribution is -0.384. The Morgan fingerprint density at radius 3 is 2.41 bits per heavy atom. The van der Waals surface area contributed by atoms with Crippen LogP contribution in [-0.2, 0) is 0 Å². The molecule has 0 heterocycles. The Labute approximate surface area is 101 Å². The molecule has 0 saturated carbocycles. The van der Waals surface area contributed by atoms with Gasteiger partial charge in [0.05, 0.1) is 17.1 Å². The van der Waals surface area contributed by atoms with Crippen LogP contribution in [0.2, 0.25) is 0 Å². The van der Waals surface area contributed by atoms with Crippen molar-refractivity contribution in [1.82, 2.24) is 0 Å². The Bertz CT molecular complexity index is 381. The Kier molecular flexibility index (Phi) is 4.45. The topological polar surface area (TPSA) is 75.4 Å². The van der Waals surface area contributed by atoms with Crippen LogP contribution in [0.25, 0.3) is 0 Å². The summed E-state index contributed by atoms with van der Waals surface area (Å²) >= 11 is 0. The molecule has 0 fully saturated rings. The third-order valence-corrected chi connectivity index (χ3v) is 3.16. The zero-order valence-corrected chi connectivity index (χ0v) is 10.1. The molecule has 1 aromatic rings. The van der Waals surface area contributed by atoms with Gasteiger partial charge in [0.25, 0.3) is 5.69 Å². The largest absolute Gasteiger partial charge is 0.394 e. The van der Waals surface area contributed by atoms with Crippen LogP contribution in [0.3, 0.4) is 0 Å². The monoisotopic (exact) mass is 238 g/mol. The molecule has 0 radical (unpaired) electrons. The van der Waals surface area contributed by atoms with E-state index in [0.29, 0.717) is 18.5 Å². The summed E-state index contributed by atoms with van der Waals surface area (Å²) in [7, 11) is 0. The van der Waals surface area contributed by atoms with Crippen LogP contribution in [-0.4, -0.2) is 22.2 Å². The molecule has 1 rings (SSSR count). The normalized spacial score (nSPS) is 11.2. The molecule has 0 saturated heterocycles. The van der Waals surface area contributed by atoms with Crippen LogP contribution in [0.1, 0.15) is 26.7 Å². The van der Waals surface area contributed by atoms with Crippen molar-refractivity contribution in [2.24, 2.45) is 0 Å². The van der Waals surface area contributed by atoms with Gasteiger partial charge >= 0.3 is 0 Å². The van der Waals surface area contributed by atoms with Crippen molar-refractivity contribution in [3.05, 3.63) is 34.4 Å². The number of nitro groups is 1. The van der Waals surface area contributed by atoms with Crippen LogP contribution in [0.4, 0.5) is 11.4 Å². The molecule has 5 nitrogen and oxygen atoms in total. The lowest BCUT2D eigenvalue weighted by Gasteiger charge is -2.31. The Balaban J connectivity index is 3.05. The molecule has 1 aromatic carbocycles. The summed E-state index contributed by atoms with van der Waals surface area (Å²) in [6.45, 7) is 3.84. The first kappa shape index (κ1) is 13.4.